The number of nitrogens with one attached hydrogen (secondary N) is 1. The van der Waals surface area contributed by atoms with Crippen LogP contribution in [-0.2, 0) is 0 Å². The van der Waals surface area contributed by atoms with Gasteiger partial charge < -0.3 is 24.3 Å². The number of anilines is 1. The lowest BCUT2D eigenvalue weighted by Gasteiger charge is -2.29. The molecule has 2 aromatic heterocycles. The van der Waals surface area contributed by atoms with Crippen LogP contribution in [0.2, 0.25) is 5.02 Å². The van der Waals surface area contributed by atoms with Gasteiger partial charge in [-0.2, -0.15) is 0 Å². The molecule has 0 saturated carbocycles. The zero-order chi connectivity index (χ0) is 24.5. The van der Waals surface area contributed by atoms with E-state index in [0.29, 0.717) is 15.9 Å². The SMILES string of the molecule is COc1ccc(-n2c(C)ccc2[C@@H]2[C@H](c3ccccn3)NC(=S)N2c2ccc(OC)c(Cl)c2)cc1. The van der Waals surface area contributed by atoms with Gasteiger partial charge in [0, 0.05) is 29.0 Å². The molecule has 0 aliphatic carbocycles. The number of thiocarbonyl (C=S) groups is 1. The first kappa shape index (κ1) is 23.2. The summed E-state index contributed by atoms with van der Waals surface area (Å²) in [4.78, 5) is 6.76. The highest BCUT2D eigenvalue weighted by atomic mass is 35.5. The number of aromatic nitrogens is 2. The van der Waals surface area contributed by atoms with Gasteiger partial charge in [0.1, 0.15) is 17.5 Å². The highest BCUT2D eigenvalue weighted by Gasteiger charge is 2.42. The van der Waals surface area contributed by atoms with Crippen molar-refractivity contribution in [2.75, 3.05) is 19.1 Å². The Labute approximate surface area is 215 Å². The molecule has 3 heterocycles. The van der Waals surface area contributed by atoms with Gasteiger partial charge >= 0.3 is 0 Å². The zero-order valence-electron chi connectivity index (χ0n) is 19.6. The first-order valence-corrected chi connectivity index (χ1v) is 12.0. The third-order valence-corrected chi connectivity index (χ3v) is 6.86. The summed E-state index contributed by atoms with van der Waals surface area (Å²) in [5.74, 6) is 1.42. The Kier molecular flexibility index (Phi) is 6.36. The molecular formula is C27H25ClN4O2S. The fourth-order valence-electron chi connectivity index (χ4n) is 4.61. The largest absolute Gasteiger partial charge is 0.497 e. The zero-order valence-corrected chi connectivity index (χ0v) is 21.2. The predicted molar refractivity (Wildman–Crippen MR) is 143 cm³/mol. The average molecular weight is 505 g/mol. The molecule has 0 bridgehead atoms. The summed E-state index contributed by atoms with van der Waals surface area (Å²) >= 11 is 12.4. The quantitative estimate of drug-likeness (QED) is 0.324. The Hall–Kier alpha value is -3.55. The molecule has 0 spiro atoms. The summed E-state index contributed by atoms with van der Waals surface area (Å²) in [6.07, 6.45) is 1.80. The molecular weight excluding hydrogens is 480 g/mol. The monoisotopic (exact) mass is 504 g/mol. The van der Waals surface area contributed by atoms with Crippen LogP contribution < -0.4 is 19.7 Å². The molecule has 1 N–H and O–H groups in total. The van der Waals surface area contributed by atoms with Crippen LogP contribution in [-0.4, -0.2) is 28.9 Å². The van der Waals surface area contributed by atoms with Gasteiger partial charge in [-0.25, -0.2) is 0 Å². The molecule has 4 aromatic rings. The van der Waals surface area contributed by atoms with E-state index in [1.165, 1.54) is 0 Å². The summed E-state index contributed by atoms with van der Waals surface area (Å²) < 4.78 is 13.0. The molecule has 178 valence electrons. The summed E-state index contributed by atoms with van der Waals surface area (Å²) in [6.45, 7) is 2.10. The van der Waals surface area contributed by atoms with Crippen molar-refractivity contribution in [1.82, 2.24) is 14.9 Å². The maximum atomic E-state index is 6.52. The van der Waals surface area contributed by atoms with Gasteiger partial charge in [-0.05, 0) is 85.9 Å². The minimum atomic E-state index is -0.183. The van der Waals surface area contributed by atoms with Crippen molar-refractivity contribution >= 4 is 34.6 Å². The molecule has 0 unspecified atom stereocenters. The molecule has 1 fully saturated rings. The number of nitrogens with zero attached hydrogens (tertiary/aromatic N) is 3. The lowest BCUT2D eigenvalue weighted by Crippen LogP contribution is -2.30. The minimum Gasteiger partial charge on any atom is -0.497 e. The Morgan fingerprint density at radius 2 is 1.71 bits per heavy atom. The van der Waals surface area contributed by atoms with Crippen LogP contribution in [0, 0.1) is 6.92 Å². The normalized spacial score (nSPS) is 17.4. The molecule has 0 amide bonds. The highest BCUT2D eigenvalue weighted by molar-refractivity contribution is 7.80. The summed E-state index contributed by atoms with van der Waals surface area (Å²) in [7, 11) is 3.27. The fraction of sp³-hybridized carbons (Fsp3) is 0.185. The number of aryl methyl sites for hydroxylation is 1. The predicted octanol–water partition coefficient (Wildman–Crippen LogP) is 6.03. The molecule has 5 rings (SSSR count). The third-order valence-electron chi connectivity index (χ3n) is 6.25. The number of benzene rings is 2. The van der Waals surface area contributed by atoms with Crippen LogP contribution in [0.15, 0.2) is 79.0 Å². The second-order valence-corrected chi connectivity index (χ2v) is 9.04. The minimum absolute atomic E-state index is 0.170. The maximum absolute atomic E-state index is 6.52. The maximum Gasteiger partial charge on any atom is 0.174 e. The van der Waals surface area contributed by atoms with Crippen molar-refractivity contribution in [3.8, 4) is 17.2 Å². The molecule has 1 aliphatic heterocycles. The third kappa shape index (κ3) is 4.22. The number of pyridine rings is 1. The average Bonchev–Trinajstić information content (AvgIpc) is 3.43. The van der Waals surface area contributed by atoms with E-state index in [1.54, 1.807) is 20.4 Å². The number of ether oxygens (including phenoxy) is 2. The van der Waals surface area contributed by atoms with Crippen molar-refractivity contribution in [2.24, 2.45) is 0 Å². The summed E-state index contributed by atoms with van der Waals surface area (Å²) in [5, 5.41) is 4.64. The van der Waals surface area contributed by atoms with Crippen LogP contribution in [0.5, 0.6) is 11.5 Å². The topological polar surface area (TPSA) is 51.5 Å². The van der Waals surface area contributed by atoms with E-state index >= 15 is 0 Å². The van der Waals surface area contributed by atoms with E-state index < -0.39 is 0 Å². The van der Waals surface area contributed by atoms with Crippen LogP contribution in [0.1, 0.15) is 29.2 Å². The van der Waals surface area contributed by atoms with Gasteiger partial charge in [0.25, 0.3) is 0 Å². The van der Waals surface area contributed by atoms with E-state index in [1.807, 2.05) is 48.5 Å². The second kappa shape index (κ2) is 9.60. The van der Waals surface area contributed by atoms with Gasteiger partial charge in [0.15, 0.2) is 5.11 Å². The fourth-order valence-corrected chi connectivity index (χ4v) is 5.21. The molecule has 35 heavy (non-hydrogen) atoms. The second-order valence-electron chi connectivity index (χ2n) is 8.25. The molecule has 2 aromatic carbocycles. The van der Waals surface area contributed by atoms with Gasteiger partial charge in [-0.1, -0.05) is 17.7 Å². The number of hydrogen-bond donors (Lipinski definition) is 1. The van der Waals surface area contributed by atoms with Crippen LogP contribution in [0.4, 0.5) is 5.69 Å². The Morgan fingerprint density at radius 3 is 2.37 bits per heavy atom. The first-order chi connectivity index (χ1) is 17.0. The van der Waals surface area contributed by atoms with Crippen molar-refractivity contribution < 1.29 is 9.47 Å². The van der Waals surface area contributed by atoms with Crippen molar-refractivity contribution in [3.05, 3.63) is 101 Å². The Morgan fingerprint density at radius 1 is 0.943 bits per heavy atom. The molecule has 6 nitrogen and oxygen atoms in total. The van der Waals surface area contributed by atoms with E-state index in [0.717, 1.165) is 34.2 Å². The summed E-state index contributed by atoms with van der Waals surface area (Å²) in [6, 6.07) is 23.6. The van der Waals surface area contributed by atoms with Crippen molar-refractivity contribution in [3.63, 3.8) is 0 Å². The number of methoxy groups -OCH3 is 2. The lowest BCUT2D eigenvalue weighted by atomic mass is 10.0. The van der Waals surface area contributed by atoms with E-state index in [4.69, 9.17) is 33.3 Å². The number of hydrogen-bond acceptors (Lipinski definition) is 4. The van der Waals surface area contributed by atoms with Gasteiger partial charge in [-0.15, -0.1) is 0 Å². The van der Waals surface area contributed by atoms with Crippen molar-refractivity contribution in [2.45, 2.75) is 19.0 Å². The van der Waals surface area contributed by atoms with Gasteiger partial charge in [0.05, 0.1) is 31.0 Å². The van der Waals surface area contributed by atoms with Crippen LogP contribution >= 0.6 is 23.8 Å². The molecule has 2 atom stereocenters. The molecule has 1 saturated heterocycles. The van der Waals surface area contributed by atoms with Gasteiger partial charge in [-0.3, -0.25) is 4.98 Å². The first-order valence-electron chi connectivity index (χ1n) is 11.2. The van der Waals surface area contributed by atoms with Crippen LogP contribution in [0.3, 0.4) is 0 Å². The summed E-state index contributed by atoms with van der Waals surface area (Å²) in [5.41, 5.74) is 4.99. The molecule has 1 aliphatic rings. The standard InChI is InChI=1S/C27H25ClN4O2S/c1-17-7-13-23(31(17)18-8-11-20(33-2)12-9-18)26-25(22-6-4-5-15-29-22)30-27(35)32(26)19-10-14-24(34-3)21(28)16-19/h4-16,25-26H,1-3H3,(H,30,35)/t25-,26+/m0/s1. The van der Waals surface area contributed by atoms with Gasteiger partial charge in [0.2, 0.25) is 0 Å². The lowest BCUT2D eigenvalue weighted by molar-refractivity contribution is 0.414. The van der Waals surface area contributed by atoms with Crippen molar-refractivity contribution in [1.29, 1.82) is 0 Å². The van der Waals surface area contributed by atoms with E-state index in [-0.39, 0.29) is 12.1 Å². The molecule has 8 heteroatoms. The van der Waals surface area contributed by atoms with Crippen LogP contribution in [0.25, 0.3) is 5.69 Å². The Bertz CT molecular complexity index is 1360. The number of halogens is 1. The highest BCUT2D eigenvalue weighted by Crippen LogP contribution is 2.44. The number of rotatable bonds is 6. The van der Waals surface area contributed by atoms with E-state index in [2.05, 4.69) is 51.0 Å². The Balaban J connectivity index is 1.68. The smallest absolute Gasteiger partial charge is 0.174 e. The molecule has 0 radical (unpaired) electrons. The van der Waals surface area contributed by atoms with E-state index in [9.17, 15) is 0 Å².